The highest BCUT2D eigenvalue weighted by molar-refractivity contribution is 6.08. The van der Waals surface area contributed by atoms with Gasteiger partial charge in [0.2, 0.25) is 0 Å². The molecule has 0 aliphatic carbocycles. The van der Waals surface area contributed by atoms with Crippen molar-refractivity contribution in [3.8, 4) is 0 Å². The Morgan fingerprint density at radius 3 is 2.86 bits per heavy atom. The van der Waals surface area contributed by atoms with Crippen molar-refractivity contribution in [3.05, 3.63) is 77.1 Å². The number of ether oxygens (including phenoxy) is 2. The highest BCUT2D eigenvalue weighted by Gasteiger charge is 2.24. The Morgan fingerprint density at radius 2 is 2.03 bits per heavy atom. The monoisotopic (exact) mass is 388 g/mol. The van der Waals surface area contributed by atoms with Gasteiger partial charge in [0.1, 0.15) is 6.61 Å². The van der Waals surface area contributed by atoms with Crippen molar-refractivity contribution in [2.45, 2.75) is 38.6 Å². The van der Waals surface area contributed by atoms with Gasteiger partial charge in [0, 0.05) is 37.8 Å². The van der Waals surface area contributed by atoms with Gasteiger partial charge in [-0.1, -0.05) is 30.3 Å². The molecule has 2 aromatic carbocycles. The molecule has 0 spiro atoms. The van der Waals surface area contributed by atoms with Crippen molar-refractivity contribution in [3.63, 3.8) is 0 Å². The number of hydrogen-bond acceptors (Lipinski definition) is 5. The quantitative estimate of drug-likeness (QED) is 0.596. The van der Waals surface area contributed by atoms with Crippen molar-refractivity contribution < 1.29 is 14.3 Å². The highest BCUT2D eigenvalue weighted by atomic mass is 16.5. The normalized spacial score (nSPS) is 18.4. The van der Waals surface area contributed by atoms with Gasteiger partial charge in [0.25, 0.3) is 0 Å². The third-order valence-corrected chi connectivity index (χ3v) is 5.79. The van der Waals surface area contributed by atoms with Crippen LogP contribution in [0, 0.1) is 0 Å². The zero-order valence-corrected chi connectivity index (χ0v) is 16.3. The molecule has 5 nitrogen and oxygen atoms in total. The third kappa shape index (κ3) is 3.76. The van der Waals surface area contributed by atoms with Crippen LogP contribution in [0.2, 0.25) is 0 Å². The smallest absolute Gasteiger partial charge is 0.339 e. The Morgan fingerprint density at radius 1 is 1.07 bits per heavy atom. The van der Waals surface area contributed by atoms with E-state index in [0.29, 0.717) is 12.2 Å². The van der Waals surface area contributed by atoms with E-state index in [4.69, 9.17) is 9.47 Å². The Labute approximate surface area is 170 Å². The number of hydrogen-bond donors (Lipinski definition) is 0. The Balaban J connectivity index is 1.48. The van der Waals surface area contributed by atoms with Crippen molar-refractivity contribution in [1.29, 1.82) is 0 Å². The molecule has 0 saturated carbocycles. The molecule has 2 aliphatic rings. The van der Waals surface area contributed by atoms with Gasteiger partial charge < -0.3 is 9.47 Å². The molecule has 0 amide bonds. The standard InChI is InChI=1S/C24H24N2O3/c27-24-22-8-3-7-21-17(9-10-18(16-29-24)23(21)22)13-26(15-20-6-4-12-28-20)14-19-5-1-2-11-25-19/h1-3,5,7-11,20H,4,6,12-16H2. The second-order valence-corrected chi connectivity index (χ2v) is 7.81. The van der Waals surface area contributed by atoms with Gasteiger partial charge in [-0.2, -0.15) is 0 Å². The first-order valence-electron chi connectivity index (χ1n) is 10.2. The van der Waals surface area contributed by atoms with E-state index in [1.807, 2.05) is 30.5 Å². The van der Waals surface area contributed by atoms with Crippen LogP contribution in [0.25, 0.3) is 10.8 Å². The van der Waals surface area contributed by atoms with Crippen LogP contribution in [-0.2, 0) is 29.2 Å². The number of pyridine rings is 1. The van der Waals surface area contributed by atoms with E-state index in [2.05, 4.69) is 34.1 Å². The van der Waals surface area contributed by atoms with Crippen molar-refractivity contribution in [2.75, 3.05) is 13.2 Å². The molecule has 1 fully saturated rings. The molecular formula is C24H24N2O3. The summed E-state index contributed by atoms with van der Waals surface area (Å²) >= 11 is 0. The zero-order chi connectivity index (χ0) is 19.6. The summed E-state index contributed by atoms with van der Waals surface area (Å²) in [6, 6.07) is 16.2. The fourth-order valence-electron chi connectivity index (χ4n) is 4.41. The Kier molecular flexibility index (Phi) is 5.00. The van der Waals surface area contributed by atoms with Crippen molar-refractivity contribution in [2.24, 2.45) is 0 Å². The molecular weight excluding hydrogens is 364 g/mol. The molecule has 0 bridgehead atoms. The first-order valence-corrected chi connectivity index (χ1v) is 10.2. The average molecular weight is 388 g/mol. The fraction of sp³-hybridized carbons (Fsp3) is 0.333. The van der Waals surface area contributed by atoms with Crippen molar-refractivity contribution >= 4 is 16.7 Å². The Bertz CT molecular complexity index is 1030. The SMILES string of the molecule is O=C1OCc2ccc(CN(Cc3ccccn3)CC3CCCO3)c3cccc1c23. The molecule has 1 aromatic heterocycles. The summed E-state index contributed by atoms with van der Waals surface area (Å²) in [5, 5.41) is 2.17. The highest BCUT2D eigenvalue weighted by Crippen LogP contribution is 2.32. The number of rotatable bonds is 6. The molecule has 3 aromatic rings. The number of aromatic nitrogens is 1. The van der Waals surface area contributed by atoms with Crippen molar-refractivity contribution in [1.82, 2.24) is 9.88 Å². The first kappa shape index (κ1) is 18.3. The predicted molar refractivity (Wildman–Crippen MR) is 110 cm³/mol. The number of cyclic esters (lactones) is 1. The minimum Gasteiger partial charge on any atom is -0.457 e. The molecule has 2 aliphatic heterocycles. The minimum absolute atomic E-state index is 0.232. The second kappa shape index (κ2) is 7.93. The zero-order valence-electron chi connectivity index (χ0n) is 16.3. The lowest BCUT2D eigenvalue weighted by Gasteiger charge is -2.26. The van der Waals surface area contributed by atoms with Crippen LogP contribution in [0.5, 0.6) is 0 Å². The maximum atomic E-state index is 12.2. The molecule has 0 radical (unpaired) electrons. The first-order chi connectivity index (χ1) is 14.3. The minimum atomic E-state index is -0.232. The molecule has 1 atom stereocenters. The molecule has 29 heavy (non-hydrogen) atoms. The predicted octanol–water partition coefficient (Wildman–Crippen LogP) is 4.09. The van der Waals surface area contributed by atoms with Gasteiger partial charge in [-0.25, -0.2) is 4.79 Å². The number of esters is 1. The molecule has 148 valence electrons. The van der Waals surface area contributed by atoms with Crippen LogP contribution in [0.15, 0.2) is 54.7 Å². The van der Waals surface area contributed by atoms with E-state index >= 15 is 0 Å². The summed E-state index contributed by atoms with van der Waals surface area (Å²) in [7, 11) is 0. The van der Waals surface area contributed by atoms with Gasteiger partial charge in [0.15, 0.2) is 0 Å². The summed E-state index contributed by atoms with van der Waals surface area (Å²) in [6.45, 7) is 3.63. The number of carbonyl (C=O) groups is 1. The van der Waals surface area contributed by atoms with E-state index in [9.17, 15) is 4.79 Å². The maximum absolute atomic E-state index is 12.2. The summed E-state index contributed by atoms with van der Waals surface area (Å²) < 4.78 is 11.2. The largest absolute Gasteiger partial charge is 0.457 e. The van der Waals surface area contributed by atoms with Gasteiger partial charge in [-0.3, -0.25) is 9.88 Å². The molecule has 5 rings (SSSR count). The van der Waals surface area contributed by atoms with E-state index in [1.165, 1.54) is 5.56 Å². The summed E-state index contributed by atoms with van der Waals surface area (Å²) in [6.07, 6.45) is 4.35. The molecule has 0 N–H and O–H groups in total. The molecule has 1 unspecified atom stereocenters. The number of benzene rings is 2. The van der Waals surface area contributed by atoms with E-state index in [1.54, 1.807) is 0 Å². The fourth-order valence-corrected chi connectivity index (χ4v) is 4.41. The van der Waals surface area contributed by atoms with E-state index < -0.39 is 0 Å². The van der Waals surface area contributed by atoms with Gasteiger partial charge in [-0.15, -0.1) is 0 Å². The lowest BCUT2D eigenvalue weighted by molar-refractivity contribution is 0.0463. The van der Waals surface area contributed by atoms with Crippen LogP contribution in [-0.4, -0.2) is 35.1 Å². The molecule has 5 heteroatoms. The van der Waals surface area contributed by atoms with Crippen LogP contribution in [0.3, 0.4) is 0 Å². The van der Waals surface area contributed by atoms with Gasteiger partial charge >= 0.3 is 5.97 Å². The number of carbonyl (C=O) groups excluding carboxylic acids is 1. The lowest BCUT2D eigenvalue weighted by Crippen LogP contribution is -2.32. The van der Waals surface area contributed by atoms with Crippen LogP contribution in [0.1, 0.15) is 40.0 Å². The van der Waals surface area contributed by atoms with Crippen LogP contribution in [0.4, 0.5) is 0 Å². The third-order valence-electron chi connectivity index (χ3n) is 5.79. The average Bonchev–Trinajstić information content (AvgIpc) is 3.26. The van der Waals surface area contributed by atoms with E-state index in [-0.39, 0.29) is 12.1 Å². The second-order valence-electron chi connectivity index (χ2n) is 7.81. The summed E-state index contributed by atoms with van der Waals surface area (Å²) in [4.78, 5) is 19.1. The summed E-state index contributed by atoms with van der Waals surface area (Å²) in [5.41, 5.74) is 4.02. The van der Waals surface area contributed by atoms with Crippen LogP contribution >= 0.6 is 0 Å². The number of nitrogens with zero attached hydrogens (tertiary/aromatic N) is 2. The Hall–Kier alpha value is -2.76. The summed E-state index contributed by atoms with van der Waals surface area (Å²) in [5.74, 6) is -0.232. The molecule has 3 heterocycles. The molecule has 1 saturated heterocycles. The van der Waals surface area contributed by atoms with Gasteiger partial charge in [-0.05, 0) is 47.6 Å². The van der Waals surface area contributed by atoms with E-state index in [0.717, 1.165) is 61.1 Å². The lowest BCUT2D eigenvalue weighted by atomic mass is 9.94. The topological polar surface area (TPSA) is 51.7 Å². The van der Waals surface area contributed by atoms with Crippen LogP contribution < -0.4 is 0 Å². The maximum Gasteiger partial charge on any atom is 0.339 e. The van der Waals surface area contributed by atoms with Gasteiger partial charge in [0.05, 0.1) is 17.4 Å².